The van der Waals surface area contributed by atoms with Gasteiger partial charge in [-0.15, -0.1) is 0 Å². The number of benzene rings is 1. The summed E-state index contributed by atoms with van der Waals surface area (Å²) >= 11 is 6.03. The van der Waals surface area contributed by atoms with Crippen molar-refractivity contribution in [2.24, 2.45) is 12.2 Å². The minimum atomic E-state index is -3.53. The Morgan fingerprint density at radius 1 is 1.30 bits per heavy atom. The molecule has 0 atom stereocenters. The van der Waals surface area contributed by atoms with E-state index in [4.69, 9.17) is 16.7 Å². The Labute approximate surface area is 139 Å². The van der Waals surface area contributed by atoms with Gasteiger partial charge in [-0.2, -0.15) is 5.10 Å². The van der Waals surface area contributed by atoms with Gasteiger partial charge in [0.05, 0.1) is 17.0 Å². The Hall–Kier alpha value is -1.83. The molecule has 0 spiro atoms. The summed E-state index contributed by atoms with van der Waals surface area (Å²) in [5.74, 6) is 0.723. The molecule has 8 heteroatoms. The van der Waals surface area contributed by atoms with Crippen LogP contribution in [0.5, 0.6) is 0 Å². The highest BCUT2D eigenvalue weighted by Gasteiger charge is 2.18. The van der Waals surface area contributed by atoms with Crippen molar-refractivity contribution in [1.29, 1.82) is 0 Å². The molecular weight excluding hydrogens is 336 g/mol. The van der Waals surface area contributed by atoms with E-state index in [9.17, 15) is 8.42 Å². The fourth-order valence-corrected chi connectivity index (χ4v) is 3.50. The number of sulfonamides is 1. The Bertz CT molecular complexity index is 988. The number of aromatic nitrogens is 3. The topological polar surface area (TPSA) is 82.9 Å². The third-order valence-corrected chi connectivity index (χ3v) is 4.84. The molecule has 0 radical (unpaired) electrons. The van der Waals surface area contributed by atoms with Gasteiger partial charge in [-0.3, -0.25) is 4.68 Å². The van der Waals surface area contributed by atoms with Crippen LogP contribution in [0.2, 0.25) is 5.02 Å². The lowest BCUT2D eigenvalue weighted by Crippen LogP contribution is -2.18. The first-order valence-corrected chi connectivity index (χ1v) is 9.15. The first-order chi connectivity index (χ1) is 10.8. The molecule has 1 aromatic carbocycles. The molecule has 0 saturated heterocycles. The largest absolute Gasteiger partial charge is 0.301 e. The molecule has 0 aliphatic rings. The van der Waals surface area contributed by atoms with Crippen LogP contribution in [0.1, 0.15) is 11.3 Å². The van der Waals surface area contributed by atoms with Gasteiger partial charge in [0.25, 0.3) is 0 Å². The second-order valence-corrected chi connectivity index (χ2v) is 7.69. The van der Waals surface area contributed by atoms with Gasteiger partial charge in [0.1, 0.15) is 5.82 Å². The van der Waals surface area contributed by atoms with E-state index in [0.717, 1.165) is 28.0 Å². The number of primary sulfonamides is 1. The average molecular weight is 353 g/mol. The van der Waals surface area contributed by atoms with E-state index in [1.165, 1.54) is 0 Å². The lowest BCUT2D eigenvalue weighted by atomic mass is 10.2. The molecule has 0 bridgehead atoms. The van der Waals surface area contributed by atoms with Gasteiger partial charge < -0.3 is 4.57 Å². The van der Waals surface area contributed by atoms with Gasteiger partial charge in [0, 0.05) is 29.2 Å². The molecule has 0 aliphatic carbocycles. The number of fused-ring (bicyclic) bond motifs is 1. The third-order valence-electron chi connectivity index (χ3n) is 3.83. The van der Waals surface area contributed by atoms with Crippen LogP contribution in [0.3, 0.4) is 0 Å². The van der Waals surface area contributed by atoms with Crippen molar-refractivity contribution in [3.05, 3.63) is 46.7 Å². The van der Waals surface area contributed by atoms with E-state index in [0.29, 0.717) is 11.4 Å². The lowest BCUT2D eigenvalue weighted by molar-refractivity contribution is 0.597. The van der Waals surface area contributed by atoms with Crippen molar-refractivity contribution < 1.29 is 8.42 Å². The van der Waals surface area contributed by atoms with Crippen LogP contribution >= 0.6 is 11.6 Å². The summed E-state index contributed by atoms with van der Waals surface area (Å²) in [4.78, 5) is 0. The number of nitrogens with two attached hydrogens (primary N) is 1. The smallest absolute Gasteiger partial charge is 0.209 e. The third kappa shape index (κ3) is 3.12. The standard InChI is InChI=1S/C15H17ClN4O2S/c1-10-13(6-8-23(17,21)22)15(19(2)18-10)20-7-5-11-9-12(16)3-4-14(11)20/h3-5,7,9H,6,8H2,1-2H3,(H2,17,21,22). The van der Waals surface area contributed by atoms with Crippen molar-refractivity contribution in [2.45, 2.75) is 13.3 Å². The Morgan fingerprint density at radius 3 is 2.74 bits per heavy atom. The van der Waals surface area contributed by atoms with Crippen molar-refractivity contribution in [3.63, 3.8) is 0 Å². The summed E-state index contributed by atoms with van der Waals surface area (Å²) in [6, 6.07) is 7.62. The van der Waals surface area contributed by atoms with Crippen LogP contribution in [-0.2, 0) is 23.5 Å². The van der Waals surface area contributed by atoms with Gasteiger partial charge in [-0.05, 0) is 37.6 Å². The summed E-state index contributed by atoms with van der Waals surface area (Å²) in [7, 11) is -1.69. The second-order valence-electron chi connectivity index (χ2n) is 5.52. The highest BCUT2D eigenvalue weighted by molar-refractivity contribution is 7.89. The summed E-state index contributed by atoms with van der Waals surface area (Å²) in [5, 5.41) is 11.2. The van der Waals surface area contributed by atoms with Crippen molar-refractivity contribution in [3.8, 4) is 5.82 Å². The number of halogens is 1. The maximum Gasteiger partial charge on any atom is 0.209 e. The Kier molecular flexibility index (Phi) is 3.95. The van der Waals surface area contributed by atoms with Crippen LogP contribution in [0, 0.1) is 6.92 Å². The molecule has 3 aromatic rings. The van der Waals surface area contributed by atoms with Gasteiger partial charge in [0.2, 0.25) is 10.0 Å². The van der Waals surface area contributed by atoms with E-state index in [-0.39, 0.29) is 5.75 Å². The first-order valence-electron chi connectivity index (χ1n) is 7.06. The van der Waals surface area contributed by atoms with E-state index in [1.54, 1.807) is 4.68 Å². The second kappa shape index (κ2) is 5.67. The van der Waals surface area contributed by atoms with Crippen LogP contribution in [0.4, 0.5) is 0 Å². The number of rotatable bonds is 4. The quantitative estimate of drug-likeness (QED) is 0.781. The zero-order valence-electron chi connectivity index (χ0n) is 12.8. The minimum absolute atomic E-state index is 0.114. The van der Waals surface area contributed by atoms with E-state index in [1.807, 2.05) is 49.0 Å². The maximum atomic E-state index is 11.3. The van der Waals surface area contributed by atoms with Crippen LogP contribution in [-0.4, -0.2) is 28.5 Å². The summed E-state index contributed by atoms with van der Waals surface area (Å²) in [6.07, 6.45) is 2.25. The highest BCUT2D eigenvalue weighted by atomic mass is 35.5. The molecule has 23 heavy (non-hydrogen) atoms. The molecule has 0 unspecified atom stereocenters. The zero-order chi connectivity index (χ0) is 16.8. The molecule has 0 aliphatic heterocycles. The van der Waals surface area contributed by atoms with Crippen molar-refractivity contribution >= 4 is 32.5 Å². The SMILES string of the molecule is Cc1nn(C)c(-n2ccc3cc(Cl)ccc32)c1CCS(N)(=O)=O. The van der Waals surface area contributed by atoms with E-state index < -0.39 is 10.0 Å². The van der Waals surface area contributed by atoms with Gasteiger partial charge in [0.15, 0.2) is 0 Å². The van der Waals surface area contributed by atoms with Crippen LogP contribution < -0.4 is 5.14 Å². The molecule has 2 aromatic heterocycles. The monoisotopic (exact) mass is 352 g/mol. The fourth-order valence-electron chi connectivity index (χ4n) is 2.83. The number of aryl methyl sites for hydroxylation is 2. The highest BCUT2D eigenvalue weighted by Crippen LogP contribution is 2.26. The van der Waals surface area contributed by atoms with E-state index >= 15 is 0 Å². The molecular formula is C15H17ClN4O2S. The molecule has 3 rings (SSSR count). The maximum absolute atomic E-state index is 11.3. The minimum Gasteiger partial charge on any atom is -0.301 e. The Morgan fingerprint density at radius 2 is 2.04 bits per heavy atom. The lowest BCUT2D eigenvalue weighted by Gasteiger charge is -2.10. The fraction of sp³-hybridized carbons (Fsp3) is 0.267. The molecule has 0 fully saturated rings. The van der Waals surface area contributed by atoms with Gasteiger partial charge in [-0.1, -0.05) is 11.6 Å². The van der Waals surface area contributed by atoms with Crippen molar-refractivity contribution in [2.75, 3.05) is 5.75 Å². The summed E-state index contributed by atoms with van der Waals surface area (Å²) in [5.41, 5.74) is 2.64. The summed E-state index contributed by atoms with van der Waals surface area (Å²) in [6.45, 7) is 1.87. The summed E-state index contributed by atoms with van der Waals surface area (Å²) < 4.78 is 26.3. The van der Waals surface area contributed by atoms with Gasteiger partial charge in [-0.25, -0.2) is 13.6 Å². The molecule has 2 heterocycles. The first kappa shape index (κ1) is 16.0. The molecule has 6 nitrogen and oxygen atoms in total. The molecule has 122 valence electrons. The zero-order valence-corrected chi connectivity index (χ0v) is 14.4. The van der Waals surface area contributed by atoms with Crippen molar-refractivity contribution in [1.82, 2.24) is 14.3 Å². The average Bonchev–Trinajstić information content (AvgIpc) is 2.95. The molecule has 0 amide bonds. The molecule has 0 saturated carbocycles. The molecule has 2 N–H and O–H groups in total. The van der Waals surface area contributed by atoms with E-state index in [2.05, 4.69) is 5.10 Å². The number of hydrogen-bond donors (Lipinski definition) is 1. The predicted octanol–water partition coefficient (Wildman–Crippen LogP) is 2.16. The van der Waals surface area contributed by atoms with Crippen LogP contribution in [0.15, 0.2) is 30.5 Å². The van der Waals surface area contributed by atoms with Gasteiger partial charge >= 0.3 is 0 Å². The van der Waals surface area contributed by atoms with Crippen LogP contribution in [0.25, 0.3) is 16.7 Å². The normalized spacial score (nSPS) is 12.2. The predicted molar refractivity (Wildman–Crippen MR) is 91.5 cm³/mol. The number of nitrogens with zero attached hydrogens (tertiary/aromatic N) is 3. The Balaban J connectivity index is 2.15. The number of hydrogen-bond acceptors (Lipinski definition) is 3.